The van der Waals surface area contributed by atoms with Crippen LogP contribution in [0.3, 0.4) is 0 Å². The van der Waals surface area contributed by atoms with Crippen molar-refractivity contribution in [1.82, 2.24) is 10.1 Å². The lowest BCUT2D eigenvalue weighted by atomic mass is 9.95. The number of nitrogens with two attached hydrogens (primary N) is 1. The van der Waals surface area contributed by atoms with Gasteiger partial charge in [0.05, 0.1) is 4.90 Å². The lowest BCUT2D eigenvalue weighted by Crippen LogP contribution is -2.01. The molecule has 1 atom stereocenters. The van der Waals surface area contributed by atoms with E-state index in [1.807, 2.05) is 18.2 Å². The van der Waals surface area contributed by atoms with E-state index >= 15 is 0 Å². The fraction of sp³-hybridized carbons (Fsp3) is 0.0909. The lowest BCUT2D eigenvalue weighted by molar-refractivity contribution is 0.432. The summed E-state index contributed by atoms with van der Waals surface area (Å²) in [7, 11) is -1.50. The molecule has 4 aromatic rings. The van der Waals surface area contributed by atoms with Crippen LogP contribution in [0, 0.1) is 13.8 Å². The second kappa shape index (κ2) is 7.50. The molecule has 140 valence electrons. The summed E-state index contributed by atoms with van der Waals surface area (Å²) in [5.41, 5.74) is 6.43. The van der Waals surface area contributed by atoms with Crippen molar-refractivity contribution in [3.63, 3.8) is 0 Å². The molecule has 0 radical (unpaired) electrons. The molecule has 3 aromatic carbocycles. The van der Waals surface area contributed by atoms with Gasteiger partial charge in [-0.1, -0.05) is 35.5 Å². The van der Waals surface area contributed by atoms with E-state index in [4.69, 9.17) is 9.66 Å². The number of hydrogen-bond donors (Lipinski definition) is 1. The standard InChI is InChI=1S/C22H19N3O2S/c1-14-5-3-4-6-19(14)20-12-9-17(13-15(20)2)22-24-21(25-27-22)16-7-10-18(11-8-16)28(23)26/h3-13H,23H2,1-2H3. The highest BCUT2D eigenvalue weighted by Crippen LogP contribution is 2.30. The van der Waals surface area contributed by atoms with Crippen LogP contribution in [0.5, 0.6) is 0 Å². The van der Waals surface area contributed by atoms with E-state index in [0.29, 0.717) is 16.6 Å². The van der Waals surface area contributed by atoms with Crippen molar-refractivity contribution in [1.29, 1.82) is 0 Å². The highest BCUT2D eigenvalue weighted by atomic mass is 32.2. The maximum absolute atomic E-state index is 11.3. The first-order valence-electron chi connectivity index (χ1n) is 8.80. The molecule has 6 heteroatoms. The Bertz CT molecular complexity index is 1170. The zero-order chi connectivity index (χ0) is 19.7. The first-order valence-corrected chi connectivity index (χ1v) is 10.0. The van der Waals surface area contributed by atoms with Crippen molar-refractivity contribution in [3.05, 3.63) is 77.9 Å². The van der Waals surface area contributed by atoms with E-state index in [9.17, 15) is 4.21 Å². The number of aromatic nitrogens is 2. The van der Waals surface area contributed by atoms with E-state index in [1.54, 1.807) is 24.3 Å². The summed E-state index contributed by atoms with van der Waals surface area (Å²) in [6.07, 6.45) is 0. The van der Waals surface area contributed by atoms with Gasteiger partial charge in [-0.05, 0) is 72.5 Å². The highest BCUT2D eigenvalue weighted by molar-refractivity contribution is 7.82. The summed E-state index contributed by atoms with van der Waals surface area (Å²) in [6, 6.07) is 21.4. The summed E-state index contributed by atoms with van der Waals surface area (Å²) in [5, 5.41) is 9.45. The van der Waals surface area contributed by atoms with Gasteiger partial charge in [-0.2, -0.15) is 4.98 Å². The van der Waals surface area contributed by atoms with Crippen molar-refractivity contribution in [3.8, 4) is 34.0 Å². The van der Waals surface area contributed by atoms with Gasteiger partial charge >= 0.3 is 0 Å². The molecule has 0 aliphatic rings. The van der Waals surface area contributed by atoms with Gasteiger partial charge in [0.1, 0.15) is 11.0 Å². The van der Waals surface area contributed by atoms with Crippen LogP contribution >= 0.6 is 0 Å². The molecule has 4 rings (SSSR count). The molecular weight excluding hydrogens is 370 g/mol. The maximum atomic E-state index is 11.3. The average Bonchev–Trinajstić information content (AvgIpc) is 3.19. The van der Waals surface area contributed by atoms with Crippen LogP contribution in [0.2, 0.25) is 0 Å². The highest BCUT2D eigenvalue weighted by Gasteiger charge is 2.13. The molecule has 0 bridgehead atoms. The predicted molar refractivity (Wildman–Crippen MR) is 111 cm³/mol. The van der Waals surface area contributed by atoms with Gasteiger partial charge in [-0.15, -0.1) is 0 Å². The van der Waals surface area contributed by atoms with E-state index < -0.39 is 11.0 Å². The summed E-state index contributed by atoms with van der Waals surface area (Å²) >= 11 is 0. The van der Waals surface area contributed by atoms with Gasteiger partial charge in [0, 0.05) is 11.1 Å². The molecule has 0 saturated heterocycles. The summed E-state index contributed by atoms with van der Waals surface area (Å²) < 4.78 is 16.8. The summed E-state index contributed by atoms with van der Waals surface area (Å²) in [6.45, 7) is 4.19. The van der Waals surface area contributed by atoms with Gasteiger partial charge in [0.25, 0.3) is 5.89 Å². The van der Waals surface area contributed by atoms with Crippen molar-refractivity contribution in [2.45, 2.75) is 18.7 Å². The second-order valence-corrected chi connectivity index (χ2v) is 7.66. The van der Waals surface area contributed by atoms with Gasteiger partial charge in [-0.3, -0.25) is 0 Å². The molecule has 0 aliphatic heterocycles. The molecule has 0 fully saturated rings. The zero-order valence-electron chi connectivity index (χ0n) is 15.5. The molecule has 0 saturated carbocycles. The third kappa shape index (κ3) is 3.52. The van der Waals surface area contributed by atoms with Crippen LogP contribution in [-0.4, -0.2) is 14.3 Å². The molecule has 28 heavy (non-hydrogen) atoms. The van der Waals surface area contributed by atoms with Crippen LogP contribution in [0.15, 0.2) is 76.1 Å². The SMILES string of the molecule is Cc1ccccc1-c1ccc(-c2nc(-c3ccc(S(N)=O)cc3)no2)cc1C. The topological polar surface area (TPSA) is 82.0 Å². The van der Waals surface area contributed by atoms with Crippen molar-refractivity contribution < 1.29 is 8.73 Å². The average molecular weight is 389 g/mol. The number of rotatable bonds is 4. The Labute approximate surface area is 165 Å². The number of nitrogens with zero attached hydrogens (tertiary/aromatic N) is 2. The van der Waals surface area contributed by atoms with Gasteiger partial charge < -0.3 is 4.52 Å². The minimum Gasteiger partial charge on any atom is -0.334 e. The Morgan fingerprint density at radius 3 is 2.21 bits per heavy atom. The minimum absolute atomic E-state index is 0.459. The van der Waals surface area contributed by atoms with Crippen LogP contribution in [0.4, 0.5) is 0 Å². The first kappa shape index (κ1) is 18.3. The van der Waals surface area contributed by atoms with Crippen LogP contribution in [0.1, 0.15) is 11.1 Å². The van der Waals surface area contributed by atoms with E-state index in [0.717, 1.165) is 16.7 Å². The normalized spacial score (nSPS) is 12.1. The molecule has 2 N–H and O–H groups in total. The number of hydrogen-bond acceptors (Lipinski definition) is 4. The van der Waals surface area contributed by atoms with Crippen molar-refractivity contribution >= 4 is 11.0 Å². The predicted octanol–water partition coefficient (Wildman–Crippen LogP) is 4.67. The Morgan fingerprint density at radius 2 is 1.54 bits per heavy atom. The van der Waals surface area contributed by atoms with Gasteiger partial charge in [0.15, 0.2) is 0 Å². The summed E-state index contributed by atoms with van der Waals surface area (Å²) in [5.74, 6) is 0.936. The molecule has 1 unspecified atom stereocenters. The Hall–Kier alpha value is -3.09. The van der Waals surface area contributed by atoms with Gasteiger partial charge in [0.2, 0.25) is 5.82 Å². The lowest BCUT2D eigenvalue weighted by Gasteiger charge is -2.10. The van der Waals surface area contributed by atoms with E-state index in [2.05, 4.69) is 48.3 Å². The number of benzene rings is 3. The third-order valence-corrected chi connectivity index (χ3v) is 5.42. The zero-order valence-corrected chi connectivity index (χ0v) is 16.4. The molecule has 5 nitrogen and oxygen atoms in total. The largest absolute Gasteiger partial charge is 0.334 e. The maximum Gasteiger partial charge on any atom is 0.258 e. The Kier molecular flexibility index (Phi) is 4.90. The molecular formula is C22H19N3O2S. The van der Waals surface area contributed by atoms with Crippen LogP contribution < -0.4 is 5.14 Å². The van der Waals surface area contributed by atoms with Crippen LogP contribution in [0.25, 0.3) is 34.0 Å². The second-order valence-electron chi connectivity index (χ2n) is 6.59. The molecule has 0 amide bonds. The molecule has 1 aromatic heterocycles. The van der Waals surface area contributed by atoms with Crippen molar-refractivity contribution in [2.75, 3.05) is 0 Å². The third-order valence-electron chi connectivity index (χ3n) is 4.68. The Balaban J connectivity index is 1.65. The molecule has 0 aliphatic carbocycles. The fourth-order valence-corrected chi connectivity index (χ4v) is 3.57. The fourth-order valence-electron chi connectivity index (χ4n) is 3.17. The summed E-state index contributed by atoms with van der Waals surface area (Å²) in [4.78, 5) is 5.05. The van der Waals surface area contributed by atoms with E-state index in [-0.39, 0.29) is 0 Å². The van der Waals surface area contributed by atoms with Crippen molar-refractivity contribution in [2.24, 2.45) is 5.14 Å². The molecule has 1 heterocycles. The first-order chi connectivity index (χ1) is 13.5. The van der Waals surface area contributed by atoms with Crippen LogP contribution in [-0.2, 0) is 11.0 Å². The minimum atomic E-state index is -1.50. The van der Waals surface area contributed by atoms with E-state index in [1.165, 1.54) is 16.7 Å². The molecule has 0 spiro atoms. The smallest absolute Gasteiger partial charge is 0.258 e. The van der Waals surface area contributed by atoms with Gasteiger partial charge in [-0.25, -0.2) is 9.35 Å². The Morgan fingerprint density at radius 1 is 0.857 bits per heavy atom. The quantitative estimate of drug-likeness (QED) is 0.550. The number of aryl methyl sites for hydroxylation is 2. The monoisotopic (exact) mass is 389 g/mol.